The molecule has 174 valence electrons. The molecule has 0 atom stereocenters. The largest absolute Gasteiger partial charge is 0.497 e. The van der Waals surface area contributed by atoms with Crippen molar-refractivity contribution in [3.63, 3.8) is 0 Å². The number of anilines is 1. The van der Waals surface area contributed by atoms with Gasteiger partial charge in [0.15, 0.2) is 0 Å². The van der Waals surface area contributed by atoms with Crippen molar-refractivity contribution in [2.45, 2.75) is 11.1 Å². The summed E-state index contributed by atoms with van der Waals surface area (Å²) in [4.78, 5) is 13.5. The molecule has 1 heterocycles. The van der Waals surface area contributed by atoms with Gasteiger partial charge in [-0.15, -0.1) is 0 Å². The number of sulfonamides is 1. The summed E-state index contributed by atoms with van der Waals surface area (Å²) < 4.78 is 70.9. The van der Waals surface area contributed by atoms with Gasteiger partial charge in [0.05, 0.1) is 24.2 Å². The van der Waals surface area contributed by atoms with Crippen molar-refractivity contribution in [2.75, 3.05) is 45.2 Å². The molecule has 1 saturated heterocycles. The maximum absolute atomic E-state index is 13.0. The van der Waals surface area contributed by atoms with E-state index in [2.05, 4.69) is 5.32 Å². The van der Waals surface area contributed by atoms with Crippen LogP contribution in [0.5, 0.6) is 5.75 Å². The Morgan fingerprint density at radius 2 is 1.72 bits per heavy atom. The van der Waals surface area contributed by atoms with Crippen molar-refractivity contribution in [3.05, 3.63) is 53.1 Å². The molecule has 0 aliphatic carbocycles. The summed E-state index contributed by atoms with van der Waals surface area (Å²) in [6.07, 6.45) is -4.69. The standard InChI is InChI=1S/C20H21ClF3N3O4S/c1-31-16-5-3-15(4-6-16)25-19(28)13-26-8-10-27(11-9-26)32(29,30)18-12-14(20(22,23)24)2-7-17(18)21/h2-7,12H,8-11,13H2,1H3,(H,25,28). The van der Waals surface area contributed by atoms with E-state index in [1.807, 2.05) is 0 Å². The third-order valence-corrected chi connectivity index (χ3v) is 7.33. The van der Waals surface area contributed by atoms with Crippen LogP contribution in [0.3, 0.4) is 0 Å². The summed E-state index contributed by atoms with van der Waals surface area (Å²) in [5.74, 6) is 0.383. The smallest absolute Gasteiger partial charge is 0.416 e. The zero-order valence-electron chi connectivity index (χ0n) is 17.0. The highest BCUT2D eigenvalue weighted by Crippen LogP contribution is 2.34. The maximum Gasteiger partial charge on any atom is 0.416 e. The Kier molecular flexibility index (Phi) is 7.33. The van der Waals surface area contributed by atoms with Crippen LogP contribution in [0.15, 0.2) is 47.4 Å². The SMILES string of the molecule is COc1ccc(NC(=O)CN2CCN(S(=O)(=O)c3cc(C(F)(F)F)ccc3Cl)CC2)cc1. The number of nitrogens with zero attached hydrogens (tertiary/aromatic N) is 2. The van der Waals surface area contributed by atoms with Crippen LogP contribution in [-0.2, 0) is 21.0 Å². The zero-order valence-corrected chi connectivity index (χ0v) is 18.6. The lowest BCUT2D eigenvalue weighted by molar-refractivity contribution is -0.137. The number of hydrogen-bond acceptors (Lipinski definition) is 5. The second kappa shape index (κ2) is 9.65. The molecule has 0 saturated carbocycles. The molecule has 0 bridgehead atoms. The van der Waals surface area contributed by atoms with Crippen LogP contribution in [0, 0.1) is 0 Å². The van der Waals surface area contributed by atoms with Crippen LogP contribution in [0.2, 0.25) is 5.02 Å². The second-order valence-corrected chi connectivity index (χ2v) is 9.41. The fourth-order valence-corrected chi connectivity index (χ4v) is 5.14. The summed E-state index contributed by atoms with van der Waals surface area (Å²) >= 11 is 5.90. The Bertz CT molecular complexity index is 1070. The van der Waals surface area contributed by atoms with E-state index in [0.717, 1.165) is 16.4 Å². The number of ether oxygens (including phenoxy) is 1. The molecule has 0 aromatic heterocycles. The van der Waals surface area contributed by atoms with Crippen molar-refractivity contribution >= 4 is 33.2 Å². The van der Waals surface area contributed by atoms with Crippen LogP contribution in [0.1, 0.15) is 5.56 Å². The number of carbonyl (C=O) groups is 1. The zero-order chi connectivity index (χ0) is 23.5. The molecule has 1 fully saturated rings. The molecule has 32 heavy (non-hydrogen) atoms. The third-order valence-electron chi connectivity index (χ3n) is 4.95. The lowest BCUT2D eigenvalue weighted by Crippen LogP contribution is -2.50. The lowest BCUT2D eigenvalue weighted by atomic mass is 10.2. The number of halogens is 4. The molecule has 0 unspecified atom stereocenters. The number of alkyl halides is 3. The van der Waals surface area contributed by atoms with Gasteiger partial charge in [-0.3, -0.25) is 9.69 Å². The van der Waals surface area contributed by atoms with E-state index in [1.165, 1.54) is 7.11 Å². The van der Waals surface area contributed by atoms with Gasteiger partial charge in [0, 0.05) is 31.9 Å². The van der Waals surface area contributed by atoms with E-state index in [4.69, 9.17) is 16.3 Å². The molecule has 7 nitrogen and oxygen atoms in total. The minimum atomic E-state index is -4.69. The topological polar surface area (TPSA) is 79.0 Å². The van der Waals surface area contributed by atoms with Crippen LogP contribution in [0.4, 0.5) is 18.9 Å². The van der Waals surface area contributed by atoms with Gasteiger partial charge in [-0.05, 0) is 42.5 Å². The van der Waals surface area contributed by atoms with Crippen molar-refractivity contribution in [1.29, 1.82) is 0 Å². The van der Waals surface area contributed by atoms with Gasteiger partial charge in [-0.1, -0.05) is 11.6 Å². The number of carbonyl (C=O) groups excluding carboxylic acids is 1. The predicted molar refractivity (Wildman–Crippen MR) is 113 cm³/mol. The number of rotatable bonds is 6. The highest BCUT2D eigenvalue weighted by Gasteiger charge is 2.35. The Morgan fingerprint density at radius 3 is 2.28 bits per heavy atom. The number of benzene rings is 2. The molecule has 12 heteroatoms. The molecule has 1 amide bonds. The summed E-state index contributed by atoms with van der Waals surface area (Å²) in [5.41, 5.74) is -0.495. The number of methoxy groups -OCH3 is 1. The van der Waals surface area contributed by atoms with E-state index < -0.39 is 26.7 Å². The van der Waals surface area contributed by atoms with Gasteiger partial charge >= 0.3 is 6.18 Å². The van der Waals surface area contributed by atoms with Crippen LogP contribution >= 0.6 is 11.6 Å². The van der Waals surface area contributed by atoms with Crippen LogP contribution in [-0.4, -0.2) is 63.4 Å². The molecule has 0 radical (unpaired) electrons. The van der Waals surface area contributed by atoms with Gasteiger partial charge in [-0.25, -0.2) is 8.42 Å². The van der Waals surface area contributed by atoms with Gasteiger partial charge < -0.3 is 10.1 Å². The average molecular weight is 492 g/mol. The van der Waals surface area contributed by atoms with E-state index >= 15 is 0 Å². The van der Waals surface area contributed by atoms with Crippen molar-refractivity contribution in [3.8, 4) is 5.75 Å². The molecule has 1 N–H and O–H groups in total. The van der Waals surface area contributed by atoms with Gasteiger partial charge in [-0.2, -0.15) is 17.5 Å². The fourth-order valence-electron chi connectivity index (χ4n) is 3.22. The van der Waals surface area contributed by atoms with Crippen LogP contribution < -0.4 is 10.1 Å². The van der Waals surface area contributed by atoms with Crippen molar-refractivity contribution in [2.24, 2.45) is 0 Å². The molecule has 2 aromatic carbocycles. The molecule has 3 rings (SSSR count). The normalized spacial score (nSPS) is 16.0. The van der Waals surface area contributed by atoms with Gasteiger partial charge in [0.2, 0.25) is 15.9 Å². The average Bonchev–Trinajstić information content (AvgIpc) is 2.74. The summed E-state index contributed by atoms with van der Waals surface area (Å²) in [6.45, 7) is 0.567. The number of piperazine rings is 1. The first-order valence-corrected chi connectivity index (χ1v) is 11.4. The van der Waals surface area contributed by atoms with Gasteiger partial charge in [0.1, 0.15) is 10.6 Å². The Labute approximate surface area is 188 Å². The van der Waals surface area contributed by atoms with E-state index in [1.54, 1.807) is 29.2 Å². The first-order valence-electron chi connectivity index (χ1n) is 9.54. The Morgan fingerprint density at radius 1 is 1.09 bits per heavy atom. The number of amides is 1. The van der Waals surface area contributed by atoms with Crippen molar-refractivity contribution in [1.82, 2.24) is 9.21 Å². The maximum atomic E-state index is 13.0. The summed E-state index contributed by atoms with van der Waals surface area (Å²) in [5, 5.41) is 2.47. The Hall–Kier alpha value is -2.34. The highest BCUT2D eigenvalue weighted by molar-refractivity contribution is 7.89. The van der Waals surface area contributed by atoms with Crippen molar-refractivity contribution < 1.29 is 31.1 Å². The number of nitrogens with one attached hydrogen (secondary N) is 1. The monoisotopic (exact) mass is 491 g/mol. The summed E-state index contributed by atoms with van der Waals surface area (Å²) in [7, 11) is -2.68. The molecular formula is C20H21ClF3N3O4S. The first kappa shape index (κ1) is 24.3. The lowest BCUT2D eigenvalue weighted by Gasteiger charge is -2.33. The van der Waals surface area contributed by atoms with E-state index in [9.17, 15) is 26.4 Å². The Balaban J connectivity index is 1.60. The number of hydrogen-bond donors (Lipinski definition) is 1. The quantitative estimate of drug-likeness (QED) is 0.670. The minimum Gasteiger partial charge on any atom is -0.497 e. The molecule has 2 aromatic rings. The van der Waals surface area contributed by atoms with E-state index in [-0.39, 0.29) is 43.7 Å². The third kappa shape index (κ3) is 5.71. The molecular weight excluding hydrogens is 471 g/mol. The molecule has 1 aliphatic rings. The molecule has 0 spiro atoms. The minimum absolute atomic E-state index is 0.0186. The predicted octanol–water partition coefficient (Wildman–Crippen LogP) is 3.31. The van der Waals surface area contributed by atoms with Crippen LogP contribution in [0.25, 0.3) is 0 Å². The fraction of sp³-hybridized carbons (Fsp3) is 0.350. The van der Waals surface area contributed by atoms with Gasteiger partial charge in [0.25, 0.3) is 0 Å². The highest BCUT2D eigenvalue weighted by atomic mass is 35.5. The van der Waals surface area contributed by atoms with E-state index in [0.29, 0.717) is 17.5 Å². The second-order valence-electron chi connectivity index (χ2n) is 7.10. The first-order chi connectivity index (χ1) is 15.0. The summed E-state index contributed by atoms with van der Waals surface area (Å²) in [6, 6.07) is 9.01. The molecule has 1 aliphatic heterocycles.